The molecule has 1 heterocycles. The molecule has 114 valence electrons. The lowest BCUT2D eigenvalue weighted by molar-refractivity contribution is -0.384. The van der Waals surface area contributed by atoms with Gasteiger partial charge in [0, 0.05) is 24.7 Å². The van der Waals surface area contributed by atoms with E-state index in [2.05, 4.69) is 10.2 Å². The molecule has 0 aliphatic carbocycles. The summed E-state index contributed by atoms with van der Waals surface area (Å²) in [7, 11) is 1.68. The van der Waals surface area contributed by atoms with Gasteiger partial charge in [0.05, 0.1) is 16.8 Å². The number of non-ortho nitro benzene ring substituents is 1. The highest BCUT2D eigenvalue weighted by atomic mass is 16.6. The number of carbonyl (C=O) groups is 1. The number of rotatable bonds is 3. The number of para-hydroxylation sites is 1. The maximum atomic E-state index is 12.2. The molecule has 0 fully saturated rings. The molecule has 0 atom stereocenters. The first kappa shape index (κ1) is 14.6. The van der Waals surface area contributed by atoms with Gasteiger partial charge in [0.2, 0.25) is 0 Å². The lowest BCUT2D eigenvalue weighted by Gasteiger charge is -2.07. The third-order valence-electron chi connectivity index (χ3n) is 3.50. The lowest BCUT2D eigenvalue weighted by Crippen LogP contribution is -2.25. The maximum absolute atomic E-state index is 12.2. The highest BCUT2D eigenvalue weighted by Crippen LogP contribution is 2.27. The van der Waals surface area contributed by atoms with E-state index in [-0.39, 0.29) is 17.3 Å². The summed E-state index contributed by atoms with van der Waals surface area (Å²) in [6, 6.07) is 13.3. The zero-order chi connectivity index (χ0) is 16.4. The molecule has 7 nitrogen and oxygen atoms in total. The summed E-state index contributed by atoms with van der Waals surface area (Å²) < 4.78 is 0. The van der Waals surface area contributed by atoms with Gasteiger partial charge < -0.3 is 4.90 Å². The summed E-state index contributed by atoms with van der Waals surface area (Å²) in [6.45, 7) is 0. The first-order valence-corrected chi connectivity index (χ1v) is 6.81. The number of carbonyl (C=O) groups excluding carboxylic acids is 1. The van der Waals surface area contributed by atoms with Crippen molar-refractivity contribution in [2.45, 2.75) is 0 Å². The second kappa shape index (κ2) is 5.80. The van der Waals surface area contributed by atoms with E-state index in [1.165, 1.54) is 23.2 Å². The van der Waals surface area contributed by atoms with Gasteiger partial charge in [-0.05, 0) is 23.8 Å². The van der Waals surface area contributed by atoms with Crippen LogP contribution in [0.5, 0.6) is 0 Å². The molecular formula is C16H12N4O3. The van der Waals surface area contributed by atoms with Crippen LogP contribution in [0.2, 0.25) is 0 Å². The van der Waals surface area contributed by atoms with Crippen molar-refractivity contribution in [1.29, 1.82) is 0 Å². The number of hydrogen-bond donors (Lipinski definition) is 0. The van der Waals surface area contributed by atoms with Crippen LogP contribution in [0.3, 0.4) is 0 Å². The number of amides is 1. The first-order valence-electron chi connectivity index (χ1n) is 6.81. The summed E-state index contributed by atoms with van der Waals surface area (Å²) >= 11 is 0. The summed E-state index contributed by atoms with van der Waals surface area (Å²) in [5.41, 5.74) is 2.48. The molecular weight excluding hydrogens is 296 g/mol. The Bertz CT molecular complexity index is 841. The molecule has 0 saturated heterocycles. The van der Waals surface area contributed by atoms with Crippen LogP contribution < -0.4 is 4.90 Å². The normalized spacial score (nSPS) is 15.4. The molecule has 7 heteroatoms. The minimum atomic E-state index is -0.467. The highest BCUT2D eigenvalue weighted by Gasteiger charge is 2.30. The summed E-state index contributed by atoms with van der Waals surface area (Å²) in [5, 5.41) is 18.5. The fourth-order valence-corrected chi connectivity index (χ4v) is 2.28. The molecule has 1 aliphatic rings. The van der Waals surface area contributed by atoms with E-state index in [1.807, 2.05) is 24.3 Å². The van der Waals surface area contributed by atoms with Gasteiger partial charge in [0.1, 0.15) is 0 Å². The van der Waals surface area contributed by atoms with Crippen LogP contribution in [0.25, 0.3) is 0 Å². The molecule has 0 radical (unpaired) electrons. The third-order valence-corrected chi connectivity index (χ3v) is 3.50. The minimum Gasteiger partial charge on any atom is -0.309 e. The molecule has 23 heavy (non-hydrogen) atoms. The average molecular weight is 308 g/mol. The predicted molar refractivity (Wildman–Crippen MR) is 87.1 cm³/mol. The number of fused-ring (bicyclic) bond motifs is 1. The number of hydrogen-bond acceptors (Lipinski definition) is 5. The second-order valence-corrected chi connectivity index (χ2v) is 4.92. The number of nitro groups is 1. The van der Waals surface area contributed by atoms with Gasteiger partial charge in [-0.3, -0.25) is 14.9 Å². The Hall–Kier alpha value is -3.35. The average Bonchev–Trinajstić information content (AvgIpc) is 2.81. The monoisotopic (exact) mass is 308 g/mol. The number of benzene rings is 2. The van der Waals surface area contributed by atoms with Crippen molar-refractivity contribution < 1.29 is 9.72 Å². The minimum absolute atomic E-state index is 0.00925. The van der Waals surface area contributed by atoms with Crippen molar-refractivity contribution in [3.8, 4) is 0 Å². The molecule has 0 unspecified atom stereocenters. The largest absolute Gasteiger partial charge is 0.309 e. The van der Waals surface area contributed by atoms with E-state index in [1.54, 1.807) is 19.2 Å². The summed E-state index contributed by atoms with van der Waals surface area (Å²) in [4.78, 5) is 23.8. The molecule has 0 N–H and O–H groups in total. The van der Waals surface area contributed by atoms with E-state index >= 15 is 0 Å². The van der Waals surface area contributed by atoms with Gasteiger partial charge in [0.25, 0.3) is 11.6 Å². The topological polar surface area (TPSA) is 88.2 Å². The van der Waals surface area contributed by atoms with Crippen molar-refractivity contribution >= 4 is 29.2 Å². The van der Waals surface area contributed by atoms with Crippen LogP contribution in [-0.4, -0.2) is 29.8 Å². The molecule has 0 saturated carbocycles. The van der Waals surface area contributed by atoms with Crippen LogP contribution in [0.1, 0.15) is 11.1 Å². The second-order valence-electron chi connectivity index (χ2n) is 4.92. The van der Waals surface area contributed by atoms with Crippen LogP contribution >= 0.6 is 0 Å². The lowest BCUT2D eigenvalue weighted by atomic mass is 10.1. The molecule has 1 amide bonds. The smallest absolute Gasteiger partial charge is 0.279 e. The Morgan fingerprint density at radius 1 is 1.13 bits per heavy atom. The zero-order valence-electron chi connectivity index (χ0n) is 12.2. The highest BCUT2D eigenvalue weighted by molar-refractivity contribution is 6.54. The standard InChI is InChI=1S/C16H12N4O3/c1-19-14-5-3-2-4-13(14)15(16(19)21)18-17-10-11-6-8-12(9-7-11)20(22)23/h2-10H,1H3/b17-10-,18-15+. The van der Waals surface area contributed by atoms with Gasteiger partial charge >= 0.3 is 0 Å². The van der Waals surface area contributed by atoms with Crippen molar-refractivity contribution in [1.82, 2.24) is 0 Å². The fourth-order valence-electron chi connectivity index (χ4n) is 2.28. The van der Waals surface area contributed by atoms with E-state index in [0.29, 0.717) is 5.56 Å². The maximum Gasteiger partial charge on any atom is 0.279 e. The Morgan fingerprint density at radius 3 is 2.52 bits per heavy atom. The number of nitrogens with zero attached hydrogens (tertiary/aromatic N) is 4. The Balaban J connectivity index is 1.85. The number of nitro benzene ring substituents is 1. The molecule has 0 aromatic heterocycles. The van der Waals surface area contributed by atoms with Gasteiger partial charge in [0.15, 0.2) is 5.71 Å². The molecule has 2 aromatic rings. The van der Waals surface area contributed by atoms with Crippen molar-refractivity contribution in [2.75, 3.05) is 11.9 Å². The number of anilines is 1. The summed E-state index contributed by atoms with van der Waals surface area (Å²) in [5.74, 6) is -0.216. The van der Waals surface area contributed by atoms with Gasteiger partial charge in [-0.2, -0.15) is 5.10 Å². The van der Waals surface area contributed by atoms with E-state index in [0.717, 1.165) is 11.3 Å². The first-order chi connectivity index (χ1) is 11.1. The quantitative estimate of drug-likeness (QED) is 0.495. The molecule has 0 spiro atoms. The number of likely N-dealkylation sites (N-methyl/N-ethyl adjacent to an activating group) is 1. The SMILES string of the molecule is CN1C(=O)/C(=N/N=C\c2ccc([N+](=O)[O-])cc2)c2ccccc21. The van der Waals surface area contributed by atoms with Crippen LogP contribution in [-0.2, 0) is 4.79 Å². The molecule has 0 bridgehead atoms. The van der Waals surface area contributed by atoms with Crippen LogP contribution in [0, 0.1) is 10.1 Å². The molecule has 2 aromatic carbocycles. The zero-order valence-corrected chi connectivity index (χ0v) is 12.2. The van der Waals surface area contributed by atoms with Crippen LogP contribution in [0.15, 0.2) is 58.7 Å². The Morgan fingerprint density at radius 2 is 1.83 bits per heavy atom. The van der Waals surface area contributed by atoms with Gasteiger partial charge in [-0.1, -0.05) is 18.2 Å². The molecule has 1 aliphatic heterocycles. The van der Waals surface area contributed by atoms with Crippen molar-refractivity contribution in [2.24, 2.45) is 10.2 Å². The fraction of sp³-hybridized carbons (Fsp3) is 0.0625. The third kappa shape index (κ3) is 2.71. The van der Waals surface area contributed by atoms with Crippen molar-refractivity contribution in [3.05, 3.63) is 69.8 Å². The van der Waals surface area contributed by atoms with E-state index in [4.69, 9.17) is 0 Å². The van der Waals surface area contributed by atoms with E-state index < -0.39 is 4.92 Å². The van der Waals surface area contributed by atoms with Gasteiger partial charge in [-0.25, -0.2) is 0 Å². The van der Waals surface area contributed by atoms with Gasteiger partial charge in [-0.15, -0.1) is 5.10 Å². The summed E-state index contributed by atoms with van der Waals surface area (Å²) in [6.07, 6.45) is 1.45. The molecule has 3 rings (SSSR count). The predicted octanol–water partition coefficient (Wildman–Crippen LogP) is 2.39. The Kier molecular flexibility index (Phi) is 3.68. The Labute approximate surface area is 131 Å². The van der Waals surface area contributed by atoms with E-state index in [9.17, 15) is 14.9 Å². The van der Waals surface area contributed by atoms with Crippen LogP contribution in [0.4, 0.5) is 11.4 Å². The van der Waals surface area contributed by atoms with Crippen molar-refractivity contribution in [3.63, 3.8) is 0 Å².